The lowest BCUT2D eigenvalue weighted by molar-refractivity contribution is 0.395. The Morgan fingerprint density at radius 1 is 1.60 bits per heavy atom. The van der Waals surface area contributed by atoms with Crippen molar-refractivity contribution in [2.75, 3.05) is 11.9 Å². The average Bonchev–Trinajstić information content (AvgIpc) is 2.22. The van der Waals surface area contributed by atoms with E-state index in [-0.39, 0.29) is 0 Å². The van der Waals surface area contributed by atoms with Crippen LogP contribution in [0.2, 0.25) is 0 Å². The Labute approximate surface area is 98.8 Å². The molecule has 3 nitrogen and oxygen atoms in total. The van der Waals surface area contributed by atoms with Crippen LogP contribution in [0.5, 0.6) is 0 Å². The summed E-state index contributed by atoms with van der Waals surface area (Å²) >= 11 is 3.50. The van der Waals surface area contributed by atoms with Gasteiger partial charge in [-0.05, 0) is 54.4 Å². The maximum absolute atomic E-state index is 4.32. The first-order valence-electron chi connectivity index (χ1n) is 5.36. The number of piperidine rings is 1. The predicted octanol–water partition coefficient (Wildman–Crippen LogP) is 2.40. The number of nitrogens with zero attached hydrogens (tertiary/aromatic N) is 1. The van der Waals surface area contributed by atoms with Crippen LogP contribution >= 0.6 is 15.9 Å². The summed E-state index contributed by atoms with van der Waals surface area (Å²) in [4.78, 5) is 4.32. The third-order valence-electron chi connectivity index (χ3n) is 2.72. The highest BCUT2D eigenvalue weighted by Gasteiger charge is 2.18. The van der Waals surface area contributed by atoms with Crippen LogP contribution < -0.4 is 10.6 Å². The molecule has 1 fully saturated rings. The predicted molar refractivity (Wildman–Crippen MR) is 66.0 cm³/mol. The number of hydrogen-bond donors (Lipinski definition) is 2. The summed E-state index contributed by atoms with van der Waals surface area (Å²) in [5, 5.41) is 6.92. The Morgan fingerprint density at radius 2 is 2.47 bits per heavy atom. The molecule has 82 valence electrons. The summed E-state index contributed by atoms with van der Waals surface area (Å²) in [5.74, 6) is 0.955. The van der Waals surface area contributed by atoms with E-state index in [4.69, 9.17) is 0 Å². The molecule has 1 aromatic heterocycles. The molecule has 1 saturated heterocycles. The molecule has 4 heteroatoms. The van der Waals surface area contributed by atoms with E-state index < -0.39 is 0 Å². The molecule has 0 spiro atoms. The molecule has 2 heterocycles. The highest BCUT2D eigenvalue weighted by Crippen LogP contribution is 2.21. The smallest absolute Gasteiger partial charge is 0.140 e. The van der Waals surface area contributed by atoms with Gasteiger partial charge in [0.1, 0.15) is 5.82 Å². The van der Waals surface area contributed by atoms with E-state index in [1.54, 1.807) is 0 Å². The zero-order chi connectivity index (χ0) is 10.7. The van der Waals surface area contributed by atoms with Crippen molar-refractivity contribution in [1.82, 2.24) is 10.3 Å². The van der Waals surface area contributed by atoms with Gasteiger partial charge in [0.2, 0.25) is 0 Å². The lowest BCUT2D eigenvalue weighted by Crippen LogP contribution is -2.41. The van der Waals surface area contributed by atoms with Crippen LogP contribution in [-0.4, -0.2) is 23.6 Å². The minimum Gasteiger partial charge on any atom is -0.366 e. The molecule has 0 saturated carbocycles. The minimum absolute atomic E-state index is 0.535. The number of pyridine rings is 1. The van der Waals surface area contributed by atoms with Gasteiger partial charge in [-0.25, -0.2) is 4.98 Å². The Kier molecular flexibility index (Phi) is 3.59. The second kappa shape index (κ2) is 4.94. The monoisotopic (exact) mass is 269 g/mol. The minimum atomic E-state index is 0.535. The van der Waals surface area contributed by atoms with E-state index in [9.17, 15) is 0 Å². The first kappa shape index (κ1) is 10.9. The zero-order valence-electron chi connectivity index (χ0n) is 8.83. The van der Waals surface area contributed by atoms with Gasteiger partial charge in [-0.1, -0.05) is 0 Å². The van der Waals surface area contributed by atoms with Gasteiger partial charge >= 0.3 is 0 Å². The number of nitrogens with one attached hydrogen (secondary N) is 2. The van der Waals surface area contributed by atoms with Gasteiger partial charge in [0.05, 0.1) is 4.47 Å². The van der Waals surface area contributed by atoms with Crippen molar-refractivity contribution < 1.29 is 0 Å². The van der Waals surface area contributed by atoms with Crippen LogP contribution in [0, 0.1) is 0 Å². The zero-order valence-corrected chi connectivity index (χ0v) is 10.4. The van der Waals surface area contributed by atoms with Crippen LogP contribution in [0.3, 0.4) is 0 Å². The SMILES string of the molecule is CC1CC(Nc2ncccc2Br)CCN1. The molecule has 0 aliphatic carbocycles. The van der Waals surface area contributed by atoms with Crippen LogP contribution in [0.15, 0.2) is 22.8 Å². The molecule has 0 amide bonds. The number of halogens is 1. The summed E-state index contributed by atoms with van der Waals surface area (Å²) in [6, 6.07) is 5.08. The molecule has 1 aromatic rings. The topological polar surface area (TPSA) is 37.0 Å². The Balaban J connectivity index is 1.99. The van der Waals surface area contributed by atoms with Gasteiger partial charge in [-0.15, -0.1) is 0 Å². The van der Waals surface area contributed by atoms with Crippen molar-refractivity contribution in [1.29, 1.82) is 0 Å². The van der Waals surface area contributed by atoms with E-state index >= 15 is 0 Å². The average molecular weight is 270 g/mol. The van der Waals surface area contributed by atoms with Crippen LogP contribution in [-0.2, 0) is 0 Å². The first-order valence-corrected chi connectivity index (χ1v) is 6.15. The Bertz CT molecular complexity index is 329. The van der Waals surface area contributed by atoms with E-state index in [2.05, 4.69) is 38.5 Å². The third-order valence-corrected chi connectivity index (χ3v) is 3.36. The summed E-state index contributed by atoms with van der Waals surface area (Å²) in [6.07, 6.45) is 4.13. The molecule has 1 aliphatic heterocycles. The second-order valence-electron chi connectivity index (χ2n) is 4.05. The van der Waals surface area contributed by atoms with E-state index in [1.165, 1.54) is 0 Å². The molecular weight excluding hydrogens is 254 g/mol. The van der Waals surface area contributed by atoms with Gasteiger partial charge in [0, 0.05) is 18.3 Å². The Hall–Kier alpha value is -0.610. The van der Waals surface area contributed by atoms with Gasteiger partial charge in [0.25, 0.3) is 0 Å². The molecule has 2 unspecified atom stereocenters. The van der Waals surface area contributed by atoms with Gasteiger partial charge in [0.15, 0.2) is 0 Å². The molecule has 2 N–H and O–H groups in total. The third kappa shape index (κ3) is 2.92. The normalized spacial score (nSPS) is 26.3. The van der Waals surface area contributed by atoms with E-state index in [1.807, 2.05) is 18.3 Å². The number of aromatic nitrogens is 1. The standard InChI is InChI=1S/C11H16BrN3/c1-8-7-9(4-6-13-8)15-11-10(12)3-2-5-14-11/h2-3,5,8-9,13H,4,6-7H2,1H3,(H,14,15). The summed E-state index contributed by atoms with van der Waals surface area (Å²) in [5.41, 5.74) is 0. The fourth-order valence-electron chi connectivity index (χ4n) is 1.95. The maximum Gasteiger partial charge on any atom is 0.140 e. The fourth-order valence-corrected chi connectivity index (χ4v) is 2.32. The number of rotatable bonds is 2. The van der Waals surface area contributed by atoms with Gasteiger partial charge < -0.3 is 10.6 Å². The fraction of sp³-hybridized carbons (Fsp3) is 0.545. The maximum atomic E-state index is 4.32. The van der Waals surface area contributed by atoms with Crippen molar-refractivity contribution >= 4 is 21.7 Å². The first-order chi connectivity index (χ1) is 7.25. The summed E-state index contributed by atoms with van der Waals surface area (Å²) in [6.45, 7) is 3.31. The highest BCUT2D eigenvalue weighted by atomic mass is 79.9. The molecule has 0 radical (unpaired) electrons. The van der Waals surface area contributed by atoms with E-state index in [0.29, 0.717) is 12.1 Å². The molecule has 2 rings (SSSR count). The molecule has 0 aromatic carbocycles. The second-order valence-corrected chi connectivity index (χ2v) is 4.91. The number of hydrogen-bond acceptors (Lipinski definition) is 3. The molecule has 1 aliphatic rings. The quantitative estimate of drug-likeness (QED) is 0.866. The lowest BCUT2D eigenvalue weighted by atomic mass is 10.0. The molecule has 2 atom stereocenters. The molecule has 15 heavy (non-hydrogen) atoms. The van der Waals surface area contributed by atoms with Crippen molar-refractivity contribution in [2.45, 2.75) is 31.8 Å². The Morgan fingerprint density at radius 3 is 3.20 bits per heavy atom. The van der Waals surface area contributed by atoms with Crippen molar-refractivity contribution in [3.8, 4) is 0 Å². The largest absolute Gasteiger partial charge is 0.366 e. The molecule has 0 bridgehead atoms. The summed E-state index contributed by atoms with van der Waals surface area (Å²) < 4.78 is 1.04. The number of anilines is 1. The van der Waals surface area contributed by atoms with Crippen molar-refractivity contribution in [2.24, 2.45) is 0 Å². The van der Waals surface area contributed by atoms with Gasteiger partial charge in [-0.3, -0.25) is 0 Å². The van der Waals surface area contributed by atoms with E-state index in [0.717, 1.165) is 29.7 Å². The lowest BCUT2D eigenvalue weighted by Gasteiger charge is -2.29. The van der Waals surface area contributed by atoms with Gasteiger partial charge in [-0.2, -0.15) is 0 Å². The van der Waals surface area contributed by atoms with Crippen LogP contribution in [0.1, 0.15) is 19.8 Å². The summed E-state index contributed by atoms with van der Waals surface area (Å²) in [7, 11) is 0. The van der Waals surface area contributed by atoms with Crippen LogP contribution in [0.25, 0.3) is 0 Å². The highest BCUT2D eigenvalue weighted by molar-refractivity contribution is 9.10. The molecular formula is C11H16BrN3. The van der Waals surface area contributed by atoms with Crippen molar-refractivity contribution in [3.63, 3.8) is 0 Å². The van der Waals surface area contributed by atoms with Crippen molar-refractivity contribution in [3.05, 3.63) is 22.8 Å². The van der Waals surface area contributed by atoms with Crippen LogP contribution in [0.4, 0.5) is 5.82 Å².